The summed E-state index contributed by atoms with van der Waals surface area (Å²) in [4.78, 5) is 24.5. The molecule has 1 amide bonds. The van der Waals surface area contributed by atoms with E-state index in [9.17, 15) is 19.8 Å². The van der Waals surface area contributed by atoms with Crippen molar-refractivity contribution in [2.24, 2.45) is 0 Å². The van der Waals surface area contributed by atoms with Crippen molar-refractivity contribution in [3.8, 4) is 0 Å². The van der Waals surface area contributed by atoms with E-state index in [1.807, 2.05) is 0 Å². The van der Waals surface area contributed by atoms with Crippen LogP contribution in [0.2, 0.25) is 0 Å². The van der Waals surface area contributed by atoms with Crippen LogP contribution in [0.4, 0.5) is 0 Å². The topological polar surface area (TPSA) is 95.9 Å². The molecule has 0 radical (unpaired) electrons. The van der Waals surface area contributed by atoms with Crippen LogP contribution in [0, 0.1) is 0 Å². The fourth-order valence-electron chi connectivity index (χ4n) is 12.1. The molecule has 0 aliphatic heterocycles. The molecule has 0 fully saturated rings. The van der Waals surface area contributed by atoms with Crippen molar-refractivity contribution in [1.82, 2.24) is 5.32 Å². The van der Waals surface area contributed by atoms with Gasteiger partial charge in [-0.05, 0) is 25.7 Å². The van der Waals surface area contributed by atoms with Crippen molar-refractivity contribution in [2.45, 2.75) is 443 Å². The molecule has 2 atom stereocenters. The zero-order valence-electron chi connectivity index (χ0n) is 54.2. The molecule has 472 valence electrons. The normalized spacial score (nSPS) is 12.4. The van der Waals surface area contributed by atoms with Gasteiger partial charge >= 0.3 is 5.97 Å². The highest BCUT2D eigenvalue weighted by Gasteiger charge is 2.20. The number of rotatable bonds is 70. The molecule has 0 heterocycles. The number of carbonyl (C=O) groups is 2. The summed E-state index contributed by atoms with van der Waals surface area (Å²) < 4.78 is 5.51. The lowest BCUT2D eigenvalue weighted by atomic mass is 10.0. The largest absolute Gasteiger partial charge is 0.466 e. The molecule has 0 aliphatic rings. The molecule has 3 N–H and O–H groups in total. The van der Waals surface area contributed by atoms with Crippen LogP contribution in [0.5, 0.6) is 0 Å². The predicted molar refractivity (Wildman–Crippen MR) is 347 cm³/mol. The van der Waals surface area contributed by atoms with Gasteiger partial charge in [0.2, 0.25) is 5.91 Å². The Morgan fingerprint density at radius 1 is 0.304 bits per heavy atom. The maximum Gasteiger partial charge on any atom is 0.305 e. The summed E-state index contributed by atoms with van der Waals surface area (Å²) in [5.41, 5.74) is 0. The molecule has 0 saturated heterocycles. The lowest BCUT2D eigenvalue weighted by Gasteiger charge is -2.22. The minimum absolute atomic E-state index is 0.0273. The van der Waals surface area contributed by atoms with Crippen LogP contribution in [-0.4, -0.2) is 47.4 Å². The first-order valence-electron chi connectivity index (χ1n) is 36.8. The third-order valence-electron chi connectivity index (χ3n) is 17.7. The molecule has 6 heteroatoms. The summed E-state index contributed by atoms with van der Waals surface area (Å²) >= 11 is 0. The van der Waals surface area contributed by atoms with Crippen molar-refractivity contribution >= 4 is 11.9 Å². The van der Waals surface area contributed by atoms with E-state index in [-0.39, 0.29) is 18.5 Å². The molecule has 0 aromatic rings. The summed E-state index contributed by atoms with van der Waals surface area (Å²) in [6.07, 6.45) is 84.8. The Morgan fingerprint density at radius 3 is 0.772 bits per heavy atom. The van der Waals surface area contributed by atoms with Gasteiger partial charge in [0.25, 0.3) is 0 Å². The minimum atomic E-state index is -0.657. The van der Waals surface area contributed by atoms with E-state index in [1.165, 1.54) is 360 Å². The summed E-state index contributed by atoms with van der Waals surface area (Å²) in [6, 6.07) is -0.534. The summed E-state index contributed by atoms with van der Waals surface area (Å²) in [5, 5.41) is 23.2. The smallest absolute Gasteiger partial charge is 0.305 e. The number of hydrogen-bond acceptors (Lipinski definition) is 5. The Hall–Kier alpha value is -1.14. The molecule has 0 spiro atoms. The first-order chi connectivity index (χ1) is 39.0. The quantitative estimate of drug-likeness (QED) is 0.0417. The second kappa shape index (κ2) is 69.4. The Kier molecular flexibility index (Phi) is 68.4. The number of carbonyl (C=O) groups excluding carboxylic acids is 2. The molecule has 0 aromatic heterocycles. The van der Waals surface area contributed by atoms with E-state index in [0.717, 1.165) is 38.5 Å². The van der Waals surface area contributed by atoms with E-state index in [1.54, 1.807) is 0 Å². The zero-order valence-corrected chi connectivity index (χ0v) is 54.2. The second-order valence-corrected chi connectivity index (χ2v) is 25.6. The summed E-state index contributed by atoms with van der Waals surface area (Å²) in [6.45, 7) is 4.99. The van der Waals surface area contributed by atoms with Gasteiger partial charge in [0.05, 0.1) is 25.4 Å². The Morgan fingerprint density at radius 2 is 0.519 bits per heavy atom. The van der Waals surface area contributed by atoms with Gasteiger partial charge in [-0.15, -0.1) is 0 Å². The fraction of sp³-hybridized carbons (Fsp3) is 0.973. The third kappa shape index (κ3) is 65.9. The number of ether oxygens (including phenoxy) is 1. The molecular formula is C73H145NO5. The Bertz CT molecular complexity index is 1150. The average molecular weight is 1120 g/mol. The summed E-state index contributed by atoms with van der Waals surface area (Å²) in [5.74, 6) is -0.000824. The van der Waals surface area contributed by atoms with E-state index < -0.39 is 12.1 Å². The van der Waals surface area contributed by atoms with E-state index in [0.29, 0.717) is 25.9 Å². The first-order valence-corrected chi connectivity index (χ1v) is 36.8. The summed E-state index contributed by atoms with van der Waals surface area (Å²) in [7, 11) is 0. The molecule has 0 aromatic carbocycles. The van der Waals surface area contributed by atoms with Crippen LogP contribution >= 0.6 is 0 Å². The Labute approximate surface area is 496 Å². The average Bonchev–Trinajstić information content (AvgIpc) is 3.45. The maximum absolute atomic E-state index is 12.5. The highest BCUT2D eigenvalue weighted by Crippen LogP contribution is 2.20. The maximum atomic E-state index is 12.5. The minimum Gasteiger partial charge on any atom is -0.466 e. The number of aliphatic hydroxyl groups excluding tert-OH is 2. The van der Waals surface area contributed by atoms with Crippen molar-refractivity contribution in [1.29, 1.82) is 0 Å². The van der Waals surface area contributed by atoms with Gasteiger partial charge in [0.1, 0.15) is 0 Å². The van der Waals surface area contributed by atoms with Crippen LogP contribution in [0.15, 0.2) is 0 Å². The van der Waals surface area contributed by atoms with Crippen LogP contribution in [0.1, 0.15) is 431 Å². The van der Waals surface area contributed by atoms with Gasteiger partial charge in [-0.25, -0.2) is 0 Å². The number of hydrogen-bond donors (Lipinski definition) is 3. The van der Waals surface area contributed by atoms with Gasteiger partial charge in [-0.3, -0.25) is 9.59 Å². The van der Waals surface area contributed by atoms with Crippen LogP contribution in [0.3, 0.4) is 0 Å². The number of aliphatic hydroxyl groups is 2. The molecular weight excluding hydrogens is 971 g/mol. The SMILES string of the molecule is CCCCCCCCCCCCCCCCCC(=O)OCCCCCCCCCCCCCCCCCCCCCCCCCCCCCCCCCCCCCCCC(=O)NC(CO)C(O)CCCCCCCCCCCC. The molecule has 0 saturated carbocycles. The molecule has 6 nitrogen and oxygen atoms in total. The number of unbranched alkanes of at least 4 members (excludes halogenated alkanes) is 59. The van der Waals surface area contributed by atoms with Crippen molar-refractivity contribution in [2.75, 3.05) is 13.2 Å². The second-order valence-electron chi connectivity index (χ2n) is 25.6. The molecule has 0 aliphatic carbocycles. The van der Waals surface area contributed by atoms with Crippen LogP contribution in [-0.2, 0) is 14.3 Å². The van der Waals surface area contributed by atoms with Gasteiger partial charge in [-0.1, -0.05) is 393 Å². The highest BCUT2D eigenvalue weighted by atomic mass is 16.5. The van der Waals surface area contributed by atoms with E-state index in [2.05, 4.69) is 19.2 Å². The van der Waals surface area contributed by atoms with Crippen LogP contribution in [0.25, 0.3) is 0 Å². The van der Waals surface area contributed by atoms with E-state index >= 15 is 0 Å². The lowest BCUT2D eigenvalue weighted by molar-refractivity contribution is -0.143. The molecule has 79 heavy (non-hydrogen) atoms. The van der Waals surface area contributed by atoms with Crippen molar-refractivity contribution < 1.29 is 24.5 Å². The molecule has 0 bridgehead atoms. The van der Waals surface area contributed by atoms with Gasteiger partial charge in [0.15, 0.2) is 0 Å². The van der Waals surface area contributed by atoms with Gasteiger partial charge in [0, 0.05) is 12.8 Å². The van der Waals surface area contributed by atoms with Crippen molar-refractivity contribution in [3.05, 3.63) is 0 Å². The van der Waals surface area contributed by atoms with Gasteiger partial charge < -0.3 is 20.3 Å². The number of nitrogens with one attached hydrogen (secondary N) is 1. The highest BCUT2D eigenvalue weighted by molar-refractivity contribution is 5.76. The molecule has 2 unspecified atom stereocenters. The van der Waals surface area contributed by atoms with Gasteiger partial charge in [-0.2, -0.15) is 0 Å². The third-order valence-corrected chi connectivity index (χ3v) is 17.7. The molecule has 0 rings (SSSR count). The fourth-order valence-corrected chi connectivity index (χ4v) is 12.1. The monoisotopic (exact) mass is 1120 g/mol. The first kappa shape index (κ1) is 77.9. The standard InChI is InChI=1S/C73H145NO5/c1-3-5-7-9-11-13-15-16-40-44-47-51-55-59-63-67-73(78)79-68-64-60-56-52-48-45-42-39-37-35-33-31-29-27-25-23-21-19-17-18-20-22-24-26-28-30-32-34-36-38-41-43-46-50-54-58-62-66-72(77)74-70(69-75)71(76)65-61-57-53-49-14-12-10-8-6-4-2/h70-71,75-76H,3-69H2,1-2H3,(H,74,77). The predicted octanol–water partition coefficient (Wildman–Crippen LogP) is 23.8. The Balaban J connectivity index is 3.25. The number of esters is 1. The zero-order chi connectivity index (χ0) is 57.1. The lowest BCUT2D eigenvalue weighted by Crippen LogP contribution is -2.45. The van der Waals surface area contributed by atoms with E-state index in [4.69, 9.17) is 4.74 Å². The van der Waals surface area contributed by atoms with Crippen LogP contribution < -0.4 is 5.32 Å². The van der Waals surface area contributed by atoms with Crippen molar-refractivity contribution in [3.63, 3.8) is 0 Å². The number of amides is 1.